The fourth-order valence-corrected chi connectivity index (χ4v) is 8.99. The van der Waals surface area contributed by atoms with Gasteiger partial charge in [-0.3, -0.25) is 14.1 Å². The quantitative estimate of drug-likeness (QED) is 0.0505. The molecule has 0 atom stereocenters. The predicted molar refractivity (Wildman–Crippen MR) is 275 cm³/mol. The van der Waals surface area contributed by atoms with E-state index in [4.69, 9.17) is 32.7 Å². The summed E-state index contributed by atoms with van der Waals surface area (Å²) >= 11 is 12.3. The van der Waals surface area contributed by atoms with E-state index < -0.39 is 48.4 Å². The molecule has 0 heterocycles. The third-order valence-electron chi connectivity index (χ3n) is 10.7. The van der Waals surface area contributed by atoms with Crippen molar-refractivity contribution in [2.75, 3.05) is 24.9 Å². The van der Waals surface area contributed by atoms with Gasteiger partial charge in [-0.1, -0.05) is 77.5 Å². The first kappa shape index (κ1) is 55.9. The van der Waals surface area contributed by atoms with E-state index in [1.54, 1.807) is 110 Å². The number of amides is 2. The van der Waals surface area contributed by atoms with Gasteiger partial charge in [0.05, 0.1) is 45.3 Å². The van der Waals surface area contributed by atoms with Crippen LogP contribution >= 0.6 is 23.2 Å². The van der Waals surface area contributed by atoms with Crippen molar-refractivity contribution in [2.24, 2.45) is 20.5 Å². The third-order valence-corrected chi connectivity index (χ3v) is 12.9. The summed E-state index contributed by atoms with van der Waals surface area (Å²) < 4.78 is 76.4. The molecule has 368 valence electrons. The monoisotopic (exact) mass is 1190 g/mol. The van der Waals surface area contributed by atoms with Crippen LogP contribution in [0.5, 0.6) is 23.0 Å². The summed E-state index contributed by atoms with van der Waals surface area (Å²) in [4.78, 5) is 25.1. The van der Waals surface area contributed by atoms with Gasteiger partial charge >= 0.3 is 48.9 Å². The summed E-state index contributed by atoms with van der Waals surface area (Å²) in [6, 6.07) is 34.5. The van der Waals surface area contributed by atoms with Gasteiger partial charge in [-0.05, 0) is 121 Å². The molecule has 0 unspecified atom stereocenters. The first-order valence-electron chi connectivity index (χ1n) is 20.9. The number of nitrogens with one attached hydrogen (secondary N) is 2. The van der Waals surface area contributed by atoms with Gasteiger partial charge in [-0.2, -0.15) is 13.5 Å². The Morgan fingerprint density at radius 3 is 1.42 bits per heavy atom. The molecule has 0 fully saturated rings. The maximum absolute atomic E-state index is 13.3. The van der Waals surface area contributed by atoms with Crippen LogP contribution in [0.15, 0.2) is 164 Å². The van der Waals surface area contributed by atoms with Crippen molar-refractivity contribution in [3.63, 3.8) is 0 Å². The fourth-order valence-electron chi connectivity index (χ4n) is 7.07. The van der Waals surface area contributed by atoms with Gasteiger partial charge in [0, 0.05) is 27.7 Å². The normalized spacial score (nSPS) is 11.5. The van der Waals surface area contributed by atoms with E-state index in [0.29, 0.717) is 50.0 Å². The molecular weight excluding hydrogens is 1150 g/mol. The van der Waals surface area contributed by atoms with Crippen LogP contribution in [0.3, 0.4) is 0 Å². The number of anilines is 2. The smallest absolute Gasteiger partial charge is 0.870 e. The molecule has 0 aliphatic heterocycles. The number of carbonyl (C=O) groups excluding carboxylic acids is 2. The van der Waals surface area contributed by atoms with Crippen LogP contribution in [-0.4, -0.2) is 106 Å². The molecule has 0 saturated heterocycles. The van der Waals surface area contributed by atoms with Crippen molar-refractivity contribution in [3.05, 3.63) is 166 Å². The molecule has 8 aromatic carbocycles. The van der Waals surface area contributed by atoms with Gasteiger partial charge in [-0.25, -0.2) is 8.42 Å². The van der Waals surface area contributed by atoms with Gasteiger partial charge in [0.1, 0.15) is 38.7 Å². The van der Waals surface area contributed by atoms with Crippen LogP contribution in [0.1, 0.15) is 31.8 Å². The van der Waals surface area contributed by atoms with Crippen molar-refractivity contribution in [2.45, 2.75) is 23.6 Å². The van der Waals surface area contributed by atoms with Crippen LogP contribution in [0.2, 0.25) is 10.0 Å². The number of rotatable bonds is 12. The van der Waals surface area contributed by atoms with E-state index in [1.807, 2.05) is 0 Å². The number of aryl methyl sites for hydroxylation is 2. The van der Waals surface area contributed by atoms with Gasteiger partial charge in [0.2, 0.25) is 0 Å². The second kappa shape index (κ2) is 23.6. The average Bonchev–Trinajstić information content (AvgIpc) is 3.34. The molecule has 2 amide bonds. The minimum absolute atomic E-state index is 0. The third kappa shape index (κ3) is 13.2. The molecule has 0 bridgehead atoms. The molecular formula is C50H38BaCl2N6O12S2. The summed E-state index contributed by atoms with van der Waals surface area (Å²) in [6.45, 7) is 3.05. The Kier molecular flexibility index (Phi) is 18.1. The van der Waals surface area contributed by atoms with E-state index in [-0.39, 0.29) is 103 Å². The number of ether oxygens (including phenoxy) is 2. The number of aromatic hydroxyl groups is 1. The van der Waals surface area contributed by atoms with E-state index >= 15 is 0 Å². The Labute approximate surface area is 468 Å². The largest absolute Gasteiger partial charge is 2.00 e. The summed E-state index contributed by atoms with van der Waals surface area (Å²) in [5.41, 5.74) is 1.55. The van der Waals surface area contributed by atoms with E-state index in [2.05, 4.69) is 31.1 Å². The summed E-state index contributed by atoms with van der Waals surface area (Å²) in [5.74, 6) is -1.01. The number of fused-ring (bicyclic) bond motifs is 2. The number of nitrogens with zero attached hydrogens (tertiary/aromatic N) is 4. The number of phenols is 1. The summed E-state index contributed by atoms with van der Waals surface area (Å²) in [7, 11) is -6.12. The maximum Gasteiger partial charge on any atom is 2.00 e. The van der Waals surface area contributed by atoms with E-state index in [1.165, 1.54) is 33.3 Å². The standard InChI is InChI=1S/2C25H20ClN3O6S.Ba/c2*1-14-11-18(36(32,33)34)13-21(26)22(14)28-29-23-19-6-4-3-5-15(19)12-20(24(23)30)25(31)27-16-7-9-17(35-2)10-8-16;/h2*3-13,30H,1-2H3,(H,27,31)(H,32,33,34);/q;;+2/p-2. The number of phenolic OH excluding ortho intramolecular Hbond substituents is 1. The van der Waals surface area contributed by atoms with E-state index in [9.17, 15) is 45.7 Å². The first-order valence-corrected chi connectivity index (χ1v) is 24.5. The van der Waals surface area contributed by atoms with Crippen LogP contribution in [0.4, 0.5) is 34.1 Å². The zero-order valence-electron chi connectivity index (χ0n) is 38.7. The van der Waals surface area contributed by atoms with Crippen LogP contribution in [-0.2, 0) is 20.2 Å². The predicted octanol–water partition coefficient (Wildman–Crippen LogP) is 11.5. The fraction of sp³-hybridized carbons (Fsp3) is 0.0800. The zero-order valence-corrected chi connectivity index (χ0v) is 46.3. The minimum atomic E-state index is -4.72. The Hall–Kier alpha value is -6.41. The maximum atomic E-state index is 13.3. The molecule has 0 saturated carbocycles. The second-order valence-electron chi connectivity index (χ2n) is 15.5. The molecule has 18 nitrogen and oxygen atoms in total. The van der Waals surface area contributed by atoms with Gasteiger partial charge in [0.25, 0.3) is 21.9 Å². The molecule has 0 aliphatic carbocycles. The van der Waals surface area contributed by atoms with Crippen LogP contribution < -0.4 is 25.2 Å². The first-order chi connectivity index (χ1) is 34.2. The summed E-state index contributed by atoms with van der Waals surface area (Å²) in [5, 5.41) is 48.2. The average molecular weight is 1190 g/mol. The van der Waals surface area contributed by atoms with Gasteiger partial charge < -0.3 is 34.9 Å². The SMILES string of the molecule is COc1ccc(NC(=O)c2cc3ccccc3c(N=Nc3c(C)cc(S(=O)(=O)O)cc3Cl)c2O)cc1.COc1ccc(NC(=O)c2cc3ccccc3c(N=Nc3c(C)cc(S(=O)(=O)[O-])cc3Cl)c2[O-])cc1.[Ba+2]. The topological polar surface area (TPSA) is 281 Å². The molecule has 0 spiro atoms. The molecule has 8 aromatic rings. The number of halogens is 2. The van der Waals surface area contributed by atoms with E-state index in [0.717, 1.165) is 18.2 Å². The molecule has 73 heavy (non-hydrogen) atoms. The minimum Gasteiger partial charge on any atom is -0.870 e. The molecule has 0 aromatic heterocycles. The molecule has 0 aliphatic rings. The Morgan fingerprint density at radius 1 is 0.575 bits per heavy atom. The Morgan fingerprint density at radius 2 is 0.973 bits per heavy atom. The molecule has 4 N–H and O–H groups in total. The number of benzene rings is 8. The molecule has 8 rings (SSSR count). The van der Waals surface area contributed by atoms with Crippen LogP contribution in [0.25, 0.3) is 21.5 Å². The van der Waals surface area contributed by atoms with Crippen molar-refractivity contribution >= 4 is 160 Å². The van der Waals surface area contributed by atoms with Crippen LogP contribution in [0, 0.1) is 13.8 Å². The van der Waals surface area contributed by atoms with Gasteiger partial charge in [-0.15, -0.1) is 15.3 Å². The molecule has 23 heteroatoms. The summed E-state index contributed by atoms with van der Waals surface area (Å²) in [6.07, 6.45) is 0. The molecule has 0 radical (unpaired) electrons. The number of azo groups is 2. The number of hydrogen-bond donors (Lipinski definition) is 4. The van der Waals surface area contributed by atoms with Crippen molar-refractivity contribution < 1.29 is 55.2 Å². The Bertz CT molecular complexity index is 3440. The zero-order chi connectivity index (χ0) is 52.1. The number of hydrogen-bond acceptors (Lipinski definition) is 15. The van der Waals surface area contributed by atoms with Crippen molar-refractivity contribution in [1.29, 1.82) is 0 Å². The van der Waals surface area contributed by atoms with Crippen molar-refractivity contribution in [1.82, 2.24) is 0 Å². The Balaban J connectivity index is 0.000000235. The van der Waals surface area contributed by atoms with Gasteiger partial charge in [0.15, 0.2) is 5.75 Å². The number of carbonyl (C=O) groups is 2. The van der Waals surface area contributed by atoms with Crippen molar-refractivity contribution in [3.8, 4) is 23.0 Å². The number of methoxy groups -OCH3 is 2. The second-order valence-corrected chi connectivity index (χ2v) is 19.1.